The highest BCUT2D eigenvalue weighted by Gasteiger charge is 2.33. The fourth-order valence-corrected chi connectivity index (χ4v) is 3.94. The zero-order chi connectivity index (χ0) is 27.8. The highest BCUT2D eigenvalue weighted by molar-refractivity contribution is 5.48. The summed E-state index contributed by atoms with van der Waals surface area (Å²) in [4.78, 5) is 0. The molecular weight excluding hydrogens is 486 g/mol. The van der Waals surface area contributed by atoms with Crippen molar-refractivity contribution in [3.8, 4) is 0 Å². The van der Waals surface area contributed by atoms with E-state index in [2.05, 4.69) is 19.7 Å². The van der Waals surface area contributed by atoms with Gasteiger partial charge in [0.1, 0.15) is 5.60 Å². The predicted octanol–water partition coefficient (Wildman–Crippen LogP) is 6.67. The van der Waals surface area contributed by atoms with Crippen molar-refractivity contribution < 1.29 is 18.9 Å². The summed E-state index contributed by atoms with van der Waals surface area (Å²) < 4.78 is 25.0. The first-order valence-corrected chi connectivity index (χ1v) is 13.3. The molecule has 5 nitrogen and oxygen atoms in total. The van der Waals surface area contributed by atoms with Crippen molar-refractivity contribution in [2.45, 2.75) is 31.8 Å². The van der Waals surface area contributed by atoms with Gasteiger partial charge in [0.15, 0.2) is 0 Å². The van der Waals surface area contributed by atoms with Gasteiger partial charge >= 0.3 is 0 Å². The Morgan fingerprint density at radius 2 is 0.897 bits per heavy atom. The molecule has 5 heteroatoms. The van der Waals surface area contributed by atoms with Crippen molar-refractivity contribution in [2.24, 2.45) is 5.73 Å². The Morgan fingerprint density at radius 1 is 0.564 bits per heavy atom. The fraction of sp³-hybridized carbons (Fsp3) is 0.294. The summed E-state index contributed by atoms with van der Waals surface area (Å²) in [6.45, 7) is 14.8. The van der Waals surface area contributed by atoms with E-state index in [4.69, 9.17) is 24.7 Å². The second-order valence-corrected chi connectivity index (χ2v) is 9.49. The van der Waals surface area contributed by atoms with Gasteiger partial charge in [-0.1, -0.05) is 111 Å². The molecule has 0 aliphatic heterocycles. The molecule has 206 valence electrons. The van der Waals surface area contributed by atoms with Gasteiger partial charge in [-0.2, -0.15) is 0 Å². The van der Waals surface area contributed by atoms with Crippen LogP contribution in [0.1, 0.15) is 39.8 Å². The Kier molecular flexibility index (Phi) is 12.9. The van der Waals surface area contributed by atoms with Crippen molar-refractivity contribution in [1.82, 2.24) is 0 Å². The van der Waals surface area contributed by atoms with Gasteiger partial charge in [0.2, 0.25) is 0 Å². The summed E-state index contributed by atoms with van der Waals surface area (Å²) >= 11 is 0. The van der Waals surface area contributed by atoms with E-state index in [1.807, 2.05) is 91.0 Å². The third kappa shape index (κ3) is 10.4. The molecule has 0 fully saturated rings. The molecule has 0 saturated carbocycles. The molecular formula is C34H41NO4. The van der Waals surface area contributed by atoms with Crippen LogP contribution in [-0.2, 0) is 38.8 Å². The quantitative estimate of drug-likeness (QED) is 0.176. The Labute approximate surface area is 233 Å². The molecule has 0 aliphatic rings. The average Bonchev–Trinajstić information content (AvgIpc) is 2.98. The molecule has 0 aliphatic carbocycles. The van der Waals surface area contributed by atoms with Gasteiger partial charge in [-0.05, 0) is 46.3 Å². The van der Waals surface area contributed by atoms with Crippen LogP contribution in [0.5, 0.6) is 0 Å². The van der Waals surface area contributed by atoms with E-state index in [9.17, 15) is 0 Å². The summed E-state index contributed by atoms with van der Waals surface area (Å²) in [5, 5.41) is 0. The smallest absolute Gasteiger partial charge is 0.138 e. The molecule has 3 aromatic carbocycles. The van der Waals surface area contributed by atoms with Crippen LogP contribution in [0.2, 0.25) is 0 Å². The van der Waals surface area contributed by atoms with E-state index >= 15 is 0 Å². The number of ether oxygens (including phenoxy) is 4. The third-order valence-electron chi connectivity index (χ3n) is 6.30. The largest absolute Gasteiger partial charge is 0.374 e. The average molecular weight is 528 g/mol. The SMILES string of the molecule is C=Cc1ccc(COCC(COCc2ccc(C=C)cc2)(COCc2ccc(C=C)cc2)OCCCN)cc1. The normalized spacial score (nSPS) is 11.3. The van der Waals surface area contributed by atoms with Crippen LogP contribution >= 0.6 is 0 Å². The minimum Gasteiger partial charge on any atom is -0.374 e. The van der Waals surface area contributed by atoms with E-state index in [0.29, 0.717) is 52.8 Å². The molecule has 2 N–H and O–H groups in total. The van der Waals surface area contributed by atoms with E-state index in [-0.39, 0.29) is 0 Å². The van der Waals surface area contributed by atoms with Gasteiger partial charge < -0.3 is 24.7 Å². The van der Waals surface area contributed by atoms with E-state index in [1.165, 1.54) is 0 Å². The highest BCUT2D eigenvalue weighted by atomic mass is 16.6. The lowest BCUT2D eigenvalue weighted by atomic mass is 10.1. The minimum atomic E-state index is -0.793. The monoisotopic (exact) mass is 527 g/mol. The first kappa shape index (κ1) is 30.2. The topological polar surface area (TPSA) is 62.9 Å². The van der Waals surface area contributed by atoms with Gasteiger partial charge in [0, 0.05) is 6.61 Å². The van der Waals surface area contributed by atoms with Gasteiger partial charge in [0.05, 0.1) is 39.6 Å². The van der Waals surface area contributed by atoms with Gasteiger partial charge in [-0.3, -0.25) is 0 Å². The predicted molar refractivity (Wildman–Crippen MR) is 161 cm³/mol. The van der Waals surface area contributed by atoms with Crippen LogP contribution in [0.25, 0.3) is 18.2 Å². The van der Waals surface area contributed by atoms with Crippen molar-refractivity contribution in [1.29, 1.82) is 0 Å². The van der Waals surface area contributed by atoms with Crippen LogP contribution < -0.4 is 5.73 Å². The maximum Gasteiger partial charge on any atom is 0.138 e. The number of nitrogens with two attached hydrogens (primary N) is 1. The number of rotatable bonds is 19. The van der Waals surface area contributed by atoms with Crippen molar-refractivity contribution >= 4 is 18.2 Å². The van der Waals surface area contributed by atoms with Crippen molar-refractivity contribution in [2.75, 3.05) is 33.0 Å². The maximum atomic E-state index is 6.40. The zero-order valence-electron chi connectivity index (χ0n) is 22.9. The van der Waals surface area contributed by atoms with Crippen LogP contribution in [0.4, 0.5) is 0 Å². The van der Waals surface area contributed by atoms with Crippen LogP contribution in [-0.4, -0.2) is 38.6 Å². The van der Waals surface area contributed by atoms with Gasteiger partial charge in [-0.15, -0.1) is 0 Å². The summed E-state index contributed by atoms with van der Waals surface area (Å²) in [5.41, 5.74) is 11.4. The number of hydrogen-bond acceptors (Lipinski definition) is 5. The van der Waals surface area contributed by atoms with Crippen molar-refractivity contribution in [3.63, 3.8) is 0 Å². The Balaban J connectivity index is 1.68. The Hall–Kier alpha value is -3.32. The third-order valence-corrected chi connectivity index (χ3v) is 6.30. The second kappa shape index (κ2) is 16.6. The van der Waals surface area contributed by atoms with Gasteiger partial charge in [0.25, 0.3) is 0 Å². The first-order valence-electron chi connectivity index (χ1n) is 13.3. The summed E-state index contributed by atoms with van der Waals surface area (Å²) in [6, 6.07) is 24.4. The molecule has 3 aromatic rings. The fourth-order valence-electron chi connectivity index (χ4n) is 3.94. The number of hydrogen-bond donors (Lipinski definition) is 1. The van der Waals surface area contributed by atoms with Crippen LogP contribution in [0.15, 0.2) is 92.5 Å². The molecule has 0 saturated heterocycles. The molecule has 0 radical (unpaired) electrons. The molecule has 39 heavy (non-hydrogen) atoms. The zero-order valence-corrected chi connectivity index (χ0v) is 22.9. The molecule has 0 amide bonds. The molecule has 0 heterocycles. The van der Waals surface area contributed by atoms with E-state index in [1.54, 1.807) is 0 Å². The molecule has 0 atom stereocenters. The lowest BCUT2D eigenvalue weighted by molar-refractivity contribution is -0.172. The minimum absolute atomic E-state index is 0.311. The summed E-state index contributed by atoms with van der Waals surface area (Å²) in [5.74, 6) is 0. The second-order valence-electron chi connectivity index (χ2n) is 9.49. The van der Waals surface area contributed by atoms with Crippen LogP contribution in [0, 0.1) is 0 Å². The lowest BCUT2D eigenvalue weighted by Crippen LogP contribution is -2.47. The van der Waals surface area contributed by atoms with Crippen LogP contribution in [0.3, 0.4) is 0 Å². The van der Waals surface area contributed by atoms with Crippen molar-refractivity contribution in [3.05, 3.63) is 126 Å². The molecule has 0 aromatic heterocycles. The Bertz CT molecular complexity index is 998. The molecule has 0 spiro atoms. The maximum absolute atomic E-state index is 6.40. The highest BCUT2D eigenvalue weighted by Crippen LogP contribution is 2.19. The Morgan fingerprint density at radius 3 is 1.18 bits per heavy atom. The standard InChI is InChI=1S/C34H41NO4/c1-4-28-8-14-31(15-9-28)22-36-25-34(39-21-7-20-35,26-37-23-32-16-10-29(5-2)11-17-32)27-38-24-33-18-12-30(6-3)13-19-33/h4-6,8-19H,1-3,7,20-27,35H2. The van der Waals surface area contributed by atoms with E-state index in [0.717, 1.165) is 39.8 Å². The van der Waals surface area contributed by atoms with Gasteiger partial charge in [-0.25, -0.2) is 0 Å². The molecule has 0 unspecified atom stereocenters. The summed E-state index contributed by atoms with van der Waals surface area (Å²) in [6.07, 6.45) is 6.21. The lowest BCUT2D eigenvalue weighted by Gasteiger charge is -2.33. The summed E-state index contributed by atoms with van der Waals surface area (Å²) in [7, 11) is 0. The molecule has 0 bridgehead atoms. The number of benzene rings is 3. The van der Waals surface area contributed by atoms with E-state index < -0.39 is 5.60 Å². The molecule has 3 rings (SSSR count). The first-order chi connectivity index (χ1) is 19.1.